The zero-order chi connectivity index (χ0) is 32.1. The van der Waals surface area contributed by atoms with Crippen LogP contribution in [0.15, 0.2) is 173 Å². The second kappa shape index (κ2) is 10.0. The van der Waals surface area contributed by atoms with Crippen LogP contribution in [0.5, 0.6) is 0 Å². The van der Waals surface area contributed by atoms with Gasteiger partial charge in [-0.05, 0) is 70.6 Å². The first-order valence-corrected chi connectivity index (χ1v) is 16.7. The molecule has 0 saturated heterocycles. The molecule has 0 aliphatic carbocycles. The Morgan fingerprint density at radius 3 is 2.10 bits per heavy atom. The molecule has 0 unspecified atom stereocenters. The van der Waals surface area contributed by atoms with Gasteiger partial charge >= 0.3 is 6.85 Å². The molecule has 2 aliphatic rings. The number of fused-ring (bicyclic) bond motifs is 8. The van der Waals surface area contributed by atoms with Crippen LogP contribution in [-0.4, -0.2) is 6.85 Å². The molecule has 0 amide bonds. The Morgan fingerprint density at radius 2 is 1.16 bits per heavy atom. The number of anilines is 5. The van der Waals surface area contributed by atoms with Crippen molar-refractivity contribution < 1.29 is 8.83 Å². The predicted molar refractivity (Wildman–Crippen MR) is 203 cm³/mol. The van der Waals surface area contributed by atoms with Crippen LogP contribution >= 0.6 is 0 Å². The molecular weight excluding hydrogens is 599 g/mol. The van der Waals surface area contributed by atoms with Gasteiger partial charge in [0.2, 0.25) is 0 Å². The first kappa shape index (κ1) is 26.6. The molecule has 49 heavy (non-hydrogen) atoms. The molecule has 228 valence electrons. The van der Waals surface area contributed by atoms with Gasteiger partial charge in [0.05, 0.1) is 17.6 Å². The van der Waals surface area contributed by atoms with E-state index < -0.39 is 0 Å². The quantitative estimate of drug-likeness (QED) is 0.183. The molecule has 0 spiro atoms. The highest BCUT2D eigenvalue weighted by atomic mass is 16.3. The van der Waals surface area contributed by atoms with Crippen LogP contribution in [0.3, 0.4) is 0 Å². The lowest BCUT2D eigenvalue weighted by molar-refractivity contribution is 0.616. The van der Waals surface area contributed by atoms with Crippen molar-refractivity contribution in [3.63, 3.8) is 0 Å². The largest absolute Gasteiger partial charge is 0.464 e. The van der Waals surface area contributed by atoms with Crippen molar-refractivity contribution in [2.24, 2.45) is 0 Å². The molecule has 0 fully saturated rings. The van der Waals surface area contributed by atoms with Gasteiger partial charge in [-0.3, -0.25) is 0 Å². The highest BCUT2D eigenvalue weighted by molar-refractivity contribution is 6.93. The zero-order valence-electron chi connectivity index (χ0n) is 26.4. The fourth-order valence-electron chi connectivity index (χ4n) is 8.35. The fraction of sp³-hybridized carbons (Fsp3) is 0. The summed E-state index contributed by atoms with van der Waals surface area (Å²) in [6.07, 6.45) is 1.80. The molecule has 0 radical (unpaired) electrons. The highest BCUT2D eigenvalue weighted by Gasteiger charge is 2.45. The molecule has 4 nitrogen and oxygen atoms in total. The SMILES string of the molecule is c1ccc(-c2ccc3occc3c2N2c3ccccc3B3c4c(cccc42)-c2ccccc2N3c2cccc3c2oc2ccccc23)cc1. The number of hydrogen-bond donors (Lipinski definition) is 0. The summed E-state index contributed by atoms with van der Waals surface area (Å²) in [5.74, 6) is 0. The maximum atomic E-state index is 6.70. The maximum Gasteiger partial charge on any atom is 0.333 e. The maximum absolute atomic E-state index is 6.70. The van der Waals surface area contributed by atoms with Crippen molar-refractivity contribution in [1.82, 2.24) is 0 Å². The topological polar surface area (TPSA) is 32.8 Å². The zero-order valence-corrected chi connectivity index (χ0v) is 26.4. The van der Waals surface area contributed by atoms with Gasteiger partial charge < -0.3 is 18.5 Å². The predicted octanol–water partition coefficient (Wildman–Crippen LogP) is 10.7. The van der Waals surface area contributed by atoms with Gasteiger partial charge in [0.15, 0.2) is 5.58 Å². The van der Waals surface area contributed by atoms with Gasteiger partial charge in [0.25, 0.3) is 0 Å². The summed E-state index contributed by atoms with van der Waals surface area (Å²) in [6.45, 7) is -0.101. The van der Waals surface area contributed by atoms with E-state index in [0.29, 0.717) is 0 Å². The number of furan rings is 2. The van der Waals surface area contributed by atoms with Gasteiger partial charge in [-0.15, -0.1) is 0 Å². The molecule has 9 aromatic rings. The van der Waals surface area contributed by atoms with E-state index in [1.807, 2.05) is 6.07 Å². The second-order valence-electron chi connectivity index (χ2n) is 12.8. The first-order chi connectivity index (χ1) is 24.3. The normalized spacial score (nSPS) is 13.2. The van der Waals surface area contributed by atoms with E-state index in [-0.39, 0.29) is 6.85 Å². The smallest absolute Gasteiger partial charge is 0.333 e. The number of hydrogen-bond acceptors (Lipinski definition) is 4. The minimum Gasteiger partial charge on any atom is -0.464 e. The van der Waals surface area contributed by atoms with Gasteiger partial charge in [-0.1, -0.05) is 109 Å². The van der Waals surface area contributed by atoms with Gasteiger partial charge in [-0.2, -0.15) is 0 Å². The fourth-order valence-corrected chi connectivity index (χ4v) is 8.35. The van der Waals surface area contributed by atoms with Crippen molar-refractivity contribution in [2.75, 3.05) is 9.71 Å². The van der Waals surface area contributed by atoms with Crippen LogP contribution < -0.4 is 20.6 Å². The van der Waals surface area contributed by atoms with Crippen molar-refractivity contribution in [3.8, 4) is 22.3 Å². The third-order valence-electron chi connectivity index (χ3n) is 10.3. The van der Waals surface area contributed by atoms with E-state index in [1.165, 1.54) is 22.1 Å². The molecule has 0 atom stereocenters. The number of para-hydroxylation sites is 4. The Labute approximate surface area is 283 Å². The average molecular weight is 627 g/mol. The van der Waals surface area contributed by atoms with E-state index in [0.717, 1.165) is 72.5 Å². The van der Waals surface area contributed by atoms with Gasteiger partial charge in [0.1, 0.15) is 11.2 Å². The third kappa shape index (κ3) is 3.64. The number of benzene rings is 7. The van der Waals surface area contributed by atoms with Crippen LogP contribution in [0.1, 0.15) is 0 Å². The Balaban J connectivity index is 1.25. The molecule has 11 rings (SSSR count). The van der Waals surface area contributed by atoms with Gasteiger partial charge in [0, 0.05) is 44.3 Å². The minimum atomic E-state index is -0.101. The molecule has 0 bridgehead atoms. The molecule has 0 N–H and O–H groups in total. The molecular formula is C44H27BN2O2. The minimum absolute atomic E-state index is 0.101. The number of nitrogens with zero attached hydrogens (tertiary/aromatic N) is 2. The lowest BCUT2D eigenvalue weighted by atomic mass is 9.43. The summed E-state index contributed by atoms with van der Waals surface area (Å²) in [4.78, 5) is 4.98. The average Bonchev–Trinajstić information content (AvgIpc) is 3.81. The van der Waals surface area contributed by atoms with E-state index in [1.54, 1.807) is 6.26 Å². The molecule has 4 heterocycles. The second-order valence-corrected chi connectivity index (χ2v) is 12.8. The summed E-state index contributed by atoms with van der Waals surface area (Å²) in [6, 6.07) is 56.4. The standard InChI is InChI=1S/C44H27BN2O2/c1-2-12-28(13-3-1)29-24-25-40-34(26-27-48-40)43(29)46-37-20-8-6-18-35(37)45-42-32(16-10-21-38(42)46)30-14-4-7-19-36(30)47(45)39-22-11-17-33-31-15-5-9-23-41(31)49-44(33)39/h1-27H. The van der Waals surface area contributed by atoms with Crippen LogP contribution in [0.4, 0.5) is 28.4 Å². The van der Waals surface area contributed by atoms with E-state index >= 15 is 0 Å². The monoisotopic (exact) mass is 626 g/mol. The van der Waals surface area contributed by atoms with Crippen LogP contribution in [0, 0.1) is 0 Å². The lowest BCUT2D eigenvalue weighted by Crippen LogP contribution is -2.61. The Morgan fingerprint density at radius 1 is 0.449 bits per heavy atom. The Kier molecular flexibility index (Phi) is 5.44. The summed E-state index contributed by atoms with van der Waals surface area (Å²) in [7, 11) is 0. The third-order valence-corrected chi connectivity index (χ3v) is 10.3. The van der Waals surface area contributed by atoms with E-state index in [4.69, 9.17) is 8.83 Å². The van der Waals surface area contributed by atoms with Gasteiger partial charge in [-0.25, -0.2) is 0 Å². The summed E-state index contributed by atoms with van der Waals surface area (Å²) in [5.41, 5.74) is 15.5. The molecule has 2 aromatic heterocycles. The Hall–Kier alpha value is -6.46. The molecule has 2 aliphatic heterocycles. The van der Waals surface area contributed by atoms with Crippen LogP contribution in [0.2, 0.25) is 0 Å². The summed E-state index contributed by atoms with van der Waals surface area (Å²) >= 11 is 0. The van der Waals surface area contributed by atoms with Crippen LogP contribution in [0.25, 0.3) is 55.2 Å². The molecule has 5 heteroatoms. The van der Waals surface area contributed by atoms with Crippen molar-refractivity contribution >= 4 is 79.1 Å². The van der Waals surface area contributed by atoms with Crippen molar-refractivity contribution in [1.29, 1.82) is 0 Å². The lowest BCUT2D eigenvalue weighted by Gasteiger charge is -2.45. The van der Waals surface area contributed by atoms with Crippen molar-refractivity contribution in [3.05, 3.63) is 164 Å². The number of rotatable bonds is 3. The summed E-state index contributed by atoms with van der Waals surface area (Å²) < 4.78 is 12.7. The molecule has 0 saturated carbocycles. The highest BCUT2D eigenvalue weighted by Crippen LogP contribution is 2.50. The first-order valence-electron chi connectivity index (χ1n) is 16.7. The Bertz CT molecular complexity index is 2760. The van der Waals surface area contributed by atoms with E-state index in [2.05, 4.69) is 161 Å². The van der Waals surface area contributed by atoms with Crippen LogP contribution in [-0.2, 0) is 0 Å². The van der Waals surface area contributed by atoms with E-state index in [9.17, 15) is 0 Å². The molecule has 7 aromatic carbocycles. The van der Waals surface area contributed by atoms with Crippen molar-refractivity contribution in [2.45, 2.75) is 0 Å². The summed E-state index contributed by atoms with van der Waals surface area (Å²) in [5, 5.41) is 3.32.